The predicted molar refractivity (Wildman–Crippen MR) is 94.2 cm³/mol. The maximum atomic E-state index is 14.7. The van der Waals surface area contributed by atoms with Crippen LogP contribution in [0.4, 0.5) is 10.1 Å². The first-order chi connectivity index (χ1) is 12.5. The van der Waals surface area contributed by atoms with Gasteiger partial charge in [0.05, 0.1) is 11.6 Å². The molecule has 4 rings (SSSR count). The fraction of sp³-hybridized carbons (Fsp3) is 0.550. The summed E-state index contributed by atoms with van der Waals surface area (Å²) in [6.45, 7) is 1.58. The highest BCUT2D eigenvalue weighted by Crippen LogP contribution is 2.52. The number of carbonyl (C=O) groups excluding carboxylic acids is 3. The molecule has 5 nitrogen and oxygen atoms in total. The molecule has 2 heterocycles. The Balaban J connectivity index is 1.43. The maximum Gasteiger partial charge on any atom is 0.234 e. The Morgan fingerprint density at radius 3 is 2.54 bits per heavy atom. The summed E-state index contributed by atoms with van der Waals surface area (Å²) in [5.41, 5.74) is 1.48. The number of amides is 2. The zero-order valence-electron chi connectivity index (χ0n) is 14.7. The number of benzene rings is 1. The largest absolute Gasteiger partial charge is 0.369 e. The minimum Gasteiger partial charge on any atom is -0.369 e. The quantitative estimate of drug-likeness (QED) is 0.666. The SMILES string of the molecule is O=CC1CC2(CCN(c3ccc(C4CCC(=O)NC4=O)cc3F)CC2)C1. The highest BCUT2D eigenvalue weighted by atomic mass is 19.1. The van der Waals surface area contributed by atoms with Gasteiger partial charge >= 0.3 is 0 Å². The number of aldehydes is 1. The number of hydrogen-bond acceptors (Lipinski definition) is 4. The summed E-state index contributed by atoms with van der Waals surface area (Å²) in [5.74, 6) is -1.17. The van der Waals surface area contributed by atoms with Crippen molar-refractivity contribution in [1.82, 2.24) is 5.32 Å². The van der Waals surface area contributed by atoms with Crippen molar-refractivity contribution in [3.05, 3.63) is 29.6 Å². The van der Waals surface area contributed by atoms with Crippen LogP contribution in [0.3, 0.4) is 0 Å². The molecule has 0 aromatic heterocycles. The second-order valence-corrected chi connectivity index (χ2v) is 8.01. The van der Waals surface area contributed by atoms with Crippen LogP contribution in [0.25, 0.3) is 0 Å². The van der Waals surface area contributed by atoms with Crippen molar-refractivity contribution < 1.29 is 18.8 Å². The van der Waals surface area contributed by atoms with Gasteiger partial charge < -0.3 is 9.69 Å². The Labute approximate surface area is 151 Å². The van der Waals surface area contributed by atoms with Crippen LogP contribution >= 0.6 is 0 Å². The fourth-order valence-electron chi connectivity index (χ4n) is 4.79. The van der Waals surface area contributed by atoms with Gasteiger partial charge in [0.1, 0.15) is 12.1 Å². The van der Waals surface area contributed by atoms with Gasteiger partial charge in [-0.25, -0.2) is 4.39 Å². The lowest BCUT2D eigenvalue weighted by atomic mass is 9.58. The first kappa shape index (κ1) is 17.2. The molecule has 1 aliphatic carbocycles. The number of carbonyl (C=O) groups is 3. The van der Waals surface area contributed by atoms with E-state index < -0.39 is 5.92 Å². The molecule has 1 N–H and O–H groups in total. The molecule has 1 aromatic carbocycles. The van der Waals surface area contributed by atoms with E-state index in [-0.39, 0.29) is 35.4 Å². The second-order valence-electron chi connectivity index (χ2n) is 8.01. The first-order valence-electron chi connectivity index (χ1n) is 9.33. The summed E-state index contributed by atoms with van der Waals surface area (Å²) in [4.78, 5) is 36.1. The van der Waals surface area contributed by atoms with Gasteiger partial charge in [0.15, 0.2) is 0 Å². The Hall–Kier alpha value is -2.24. The average molecular weight is 358 g/mol. The van der Waals surface area contributed by atoms with E-state index in [9.17, 15) is 18.8 Å². The van der Waals surface area contributed by atoms with E-state index in [4.69, 9.17) is 0 Å². The standard InChI is InChI=1S/C20H23FN2O3/c21-16-9-14(15-2-4-18(25)22-19(15)26)1-3-17(16)23-7-5-20(6-8-23)10-13(11-20)12-24/h1,3,9,12-13,15H,2,4-8,10-11H2,(H,22,25,26). The molecule has 138 valence electrons. The van der Waals surface area contributed by atoms with E-state index in [2.05, 4.69) is 10.2 Å². The third-order valence-corrected chi connectivity index (χ3v) is 6.36. The number of imide groups is 1. The lowest BCUT2D eigenvalue weighted by Gasteiger charge is -2.51. The zero-order valence-corrected chi connectivity index (χ0v) is 14.7. The average Bonchev–Trinajstić information content (AvgIpc) is 2.60. The van der Waals surface area contributed by atoms with Crippen LogP contribution in [-0.4, -0.2) is 31.2 Å². The lowest BCUT2D eigenvalue weighted by Crippen LogP contribution is -2.47. The maximum absolute atomic E-state index is 14.7. The van der Waals surface area contributed by atoms with E-state index in [1.54, 1.807) is 12.1 Å². The molecule has 2 saturated heterocycles. The van der Waals surface area contributed by atoms with Gasteiger partial charge in [0.25, 0.3) is 0 Å². The van der Waals surface area contributed by atoms with Crippen LogP contribution in [0.2, 0.25) is 0 Å². The molecule has 26 heavy (non-hydrogen) atoms. The van der Waals surface area contributed by atoms with Crippen molar-refractivity contribution in [3.63, 3.8) is 0 Å². The van der Waals surface area contributed by atoms with Crippen LogP contribution in [0.5, 0.6) is 0 Å². The molecule has 0 bridgehead atoms. The van der Waals surface area contributed by atoms with Gasteiger partial charge in [-0.05, 0) is 55.2 Å². The van der Waals surface area contributed by atoms with Crippen LogP contribution < -0.4 is 10.2 Å². The first-order valence-corrected chi connectivity index (χ1v) is 9.33. The van der Waals surface area contributed by atoms with Gasteiger partial charge in [-0.15, -0.1) is 0 Å². The number of halogens is 1. The molecule has 1 saturated carbocycles. The lowest BCUT2D eigenvalue weighted by molar-refractivity contribution is -0.134. The molecule has 2 amide bonds. The van der Waals surface area contributed by atoms with E-state index in [0.717, 1.165) is 45.1 Å². The van der Waals surface area contributed by atoms with Crippen molar-refractivity contribution in [2.24, 2.45) is 11.3 Å². The summed E-state index contributed by atoms with van der Waals surface area (Å²) >= 11 is 0. The van der Waals surface area contributed by atoms with Crippen molar-refractivity contribution >= 4 is 23.8 Å². The van der Waals surface area contributed by atoms with Crippen LogP contribution in [0.1, 0.15) is 50.0 Å². The van der Waals surface area contributed by atoms with Crippen molar-refractivity contribution in [3.8, 4) is 0 Å². The van der Waals surface area contributed by atoms with Crippen molar-refractivity contribution in [1.29, 1.82) is 0 Å². The number of anilines is 1. The topological polar surface area (TPSA) is 66.5 Å². The second kappa shape index (κ2) is 6.49. The van der Waals surface area contributed by atoms with Gasteiger partial charge in [-0.3, -0.25) is 14.9 Å². The van der Waals surface area contributed by atoms with Crippen molar-refractivity contribution in [2.45, 2.75) is 44.4 Å². The third-order valence-electron chi connectivity index (χ3n) is 6.36. The molecule has 1 unspecified atom stereocenters. The molecule has 3 fully saturated rings. The van der Waals surface area contributed by atoms with E-state index in [1.807, 2.05) is 0 Å². The Kier molecular flexibility index (Phi) is 4.29. The molecule has 2 aliphatic heterocycles. The number of hydrogen-bond donors (Lipinski definition) is 1. The number of rotatable bonds is 3. The molecular weight excluding hydrogens is 335 g/mol. The minimum atomic E-state index is -0.462. The van der Waals surface area contributed by atoms with Crippen LogP contribution in [-0.2, 0) is 14.4 Å². The minimum absolute atomic E-state index is 0.214. The number of nitrogens with zero attached hydrogens (tertiary/aromatic N) is 1. The van der Waals surface area contributed by atoms with E-state index in [1.165, 1.54) is 6.07 Å². The highest BCUT2D eigenvalue weighted by molar-refractivity contribution is 6.00. The molecule has 1 spiro atoms. The van der Waals surface area contributed by atoms with Gasteiger partial charge in [0.2, 0.25) is 11.8 Å². The Morgan fingerprint density at radius 2 is 1.92 bits per heavy atom. The summed E-state index contributed by atoms with van der Waals surface area (Å²) in [6, 6.07) is 4.99. The molecular formula is C20H23FN2O3. The van der Waals surface area contributed by atoms with Gasteiger partial charge in [0, 0.05) is 25.4 Å². The Bertz CT molecular complexity index is 747. The summed E-state index contributed by atoms with van der Waals surface area (Å²) in [5, 5.41) is 2.32. The number of nitrogens with one attached hydrogen (secondary N) is 1. The molecule has 3 aliphatic rings. The van der Waals surface area contributed by atoms with Crippen LogP contribution in [0, 0.1) is 17.2 Å². The summed E-state index contributed by atoms with van der Waals surface area (Å²) in [6.07, 6.45) is 5.70. The molecule has 6 heteroatoms. The highest BCUT2D eigenvalue weighted by Gasteiger charge is 2.45. The third kappa shape index (κ3) is 3.02. The van der Waals surface area contributed by atoms with Gasteiger partial charge in [-0.2, -0.15) is 0 Å². The fourth-order valence-corrected chi connectivity index (χ4v) is 4.79. The summed E-state index contributed by atoms with van der Waals surface area (Å²) < 4.78 is 14.7. The molecule has 1 atom stereocenters. The molecule has 1 aromatic rings. The smallest absolute Gasteiger partial charge is 0.234 e. The number of piperidine rings is 2. The van der Waals surface area contributed by atoms with E-state index in [0.29, 0.717) is 17.7 Å². The van der Waals surface area contributed by atoms with E-state index >= 15 is 0 Å². The van der Waals surface area contributed by atoms with Crippen LogP contribution in [0.15, 0.2) is 18.2 Å². The molecule has 0 radical (unpaired) electrons. The van der Waals surface area contributed by atoms with Gasteiger partial charge in [-0.1, -0.05) is 6.07 Å². The Morgan fingerprint density at radius 1 is 1.19 bits per heavy atom. The summed E-state index contributed by atoms with van der Waals surface area (Å²) in [7, 11) is 0. The normalized spacial score (nSPS) is 25.7. The predicted octanol–water partition coefficient (Wildman–Crippen LogP) is 2.54. The monoisotopic (exact) mass is 358 g/mol. The zero-order chi connectivity index (χ0) is 18.3. The van der Waals surface area contributed by atoms with Crippen molar-refractivity contribution in [2.75, 3.05) is 18.0 Å².